The normalized spacial score (nSPS) is 31.3. The molecule has 0 unspecified atom stereocenters. The van der Waals surface area contributed by atoms with Crippen LogP contribution in [0.3, 0.4) is 0 Å². The molecular weight excluding hydrogens is 196 g/mol. The minimum absolute atomic E-state index is 0.374. The van der Waals surface area contributed by atoms with Crippen LogP contribution in [0.2, 0.25) is 0 Å². The monoisotopic (exact) mass is 212 g/mol. The van der Waals surface area contributed by atoms with Gasteiger partial charge in [-0.2, -0.15) is 5.26 Å². The molecule has 1 aromatic carbocycles. The van der Waals surface area contributed by atoms with E-state index in [1.807, 2.05) is 24.3 Å². The lowest BCUT2D eigenvalue weighted by molar-refractivity contribution is 0.447. The predicted molar refractivity (Wildman–Crippen MR) is 64.1 cm³/mol. The molecule has 2 aliphatic carbocycles. The maximum absolute atomic E-state index is 8.75. The quantitative estimate of drug-likeness (QED) is 0.816. The fourth-order valence-electron chi connectivity index (χ4n) is 3.30. The van der Waals surface area contributed by atoms with Gasteiger partial charge in [-0.05, 0) is 62.3 Å². The highest BCUT2D eigenvalue weighted by atomic mass is 15.0. The van der Waals surface area contributed by atoms with Gasteiger partial charge in [-0.3, -0.25) is 0 Å². The maximum Gasteiger partial charge on any atom is 0.0991 e. The number of benzene rings is 1. The molecule has 2 fully saturated rings. The van der Waals surface area contributed by atoms with Crippen LogP contribution in [0.15, 0.2) is 24.3 Å². The highest BCUT2D eigenvalue weighted by Crippen LogP contribution is 2.49. The van der Waals surface area contributed by atoms with Crippen LogP contribution in [0.4, 0.5) is 5.69 Å². The Balaban J connectivity index is 1.76. The van der Waals surface area contributed by atoms with Gasteiger partial charge in [0.25, 0.3) is 0 Å². The van der Waals surface area contributed by atoms with E-state index >= 15 is 0 Å². The summed E-state index contributed by atoms with van der Waals surface area (Å²) >= 11 is 0. The zero-order valence-electron chi connectivity index (χ0n) is 9.37. The summed E-state index contributed by atoms with van der Waals surface area (Å²) in [6, 6.07) is 9.98. The number of fused-ring (bicyclic) bond motifs is 2. The van der Waals surface area contributed by atoms with Crippen molar-refractivity contribution >= 4 is 5.69 Å². The fourth-order valence-corrected chi connectivity index (χ4v) is 3.30. The van der Waals surface area contributed by atoms with Crippen molar-refractivity contribution in [1.29, 1.82) is 5.26 Å². The molecule has 2 saturated carbocycles. The summed E-state index contributed by atoms with van der Waals surface area (Å²) < 4.78 is 0. The second kappa shape index (κ2) is 3.52. The van der Waals surface area contributed by atoms with Gasteiger partial charge in [0.1, 0.15) is 0 Å². The van der Waals surface area contributed by atoms with Gasteiger partial charge in [-0.25, -0.2) is 0 Å². The van der Waals surface area contributed by atoms with E-state index in [0.717, 1.165) is 11.5 Å². The van der Waals surface area contributed by atoms with Crippen molar-refractivity contribution in [2.75, 3.05) is 5.32 Å². The van der Waals surface area contributed by atoms with Crippen LogP contribution in [0.1, 0.15) is 37.7 Å². The molecule has 0 aliphatic heterocycles. The van der Waals surface area contributed by atoms with E-state index in [1.54, 1.807) is 0 Å². The van der Waals surface area contributed by atoms with Crippen LogP contribution >= 0.6 is 0 Å². The van der Waals surface area contributed by atoms with Gasteiger partial charge < -0.3 is 5.32 Å². The predicted octanol–water partition coefficient (Wildman–Crippen LogP) is 3.30. The van der Waals surface area contributed by atoms with E-state index < -0.39 is 0 Å². The standard InChI is InChI=1S/C14H16N2/c15-10-12-1-3-13(4-2-12)16-14-7-5-11(9-14)6-8-14/h1-4,11,16H,5-9H2. The minimum atomic E-state index is 0.374. The first kappa shape index (κ1) is 9.72. The second-order valence-corrected chi connectivity index (χ2v) is 5.24. The Morgan fingerprint density at radius 2 is 1.88 bits per heavy atom. The highest BCUT2D eigenvalue weighted by Gasteiger charge is 2.44. The third-order valence-corrected chi connectivity index (χ3v) is 4.17. The SMILES string of the molecule is N#Cc1ccc(NC23CCC(CC2)C3)cc1. The molecule has 2 nitrogen and oxygen atoms in total. The number of nitrogens with zero attached hydrogens (tertiary/aromatic N) is 1. The van der Waals surface area contributed by atoms with Gasteiger partial charge in [-0.15, -0.1) is 0 Å². The summed E-state index contributed by atoms with van der Waals surface area (Å²) in [6.45, 7) is 0. The Bertz CT molecular complexity index is 419. The molecule has 0 heterocycles. The first-order chi connectivity index (χ1) is 7.80. The molecule has 3 rings (SSSR count). The number of anilines is 1. The molecule has 2 bridgehead atoms. The lowest BCUT2D eigenvalue weighted by Gasteiger charge is -2.29. The van der Waals surface area contributed by atoms with Gasteiger partial charge in [-0.1, -0.05) is 0 Å². The smallest absolute Gasteiger partial charge is 0.0991 e. The van der Waals surface area contributed by atoms with Crippen molar-refractivity contribution in [3.8, 4) is 6.07 Å². The van der Waals surface area contributed by atoms with Crippen LogP contribution < -0.4 is 5.32 Å². The van der Waals surface area contributed by atoms with E-state index in [2.05, 4.69) is 11.4 Å². The molecule has 0 aromatic heterocycles. The number of nitrogens with one attached hydrogen (secondary N) is 1. The number of rotatable bonds is 2. The summed E-state index contributed by atoms with van der Waals surface area (Å²) in [5.74, 6) is 0.964. The Morgan fingerprint density at radius 1 is 1.19 bits per heavy atom. The topological polar surface area (TPSA) is 35.8 Å². The molecular formula is C14H16N2. The van der Waals surface area contributed by atoms with E-state index in [-0.39, 0.29) is 0 Å². The van der Waals surface area contributed by atoms with Gasteiger partial charge in [0, 0.05) is 11.2 Å². The van der Waals surface area contributed by atoms with E-state index in [4.69, 9.17) is 5.26 Å². The molecule has 0 spiro atoms. The van der Waals surface area contributed by atoms with Crippen molar-refractivity contribution in [2.45, 2.75) is 37.6 Å². The summed E-state index contributed by atoms with van der Waals surface area (Å²) in [5.41, 5.74) is 2.28. The number of hydrogen-bond acceptors (Lipinski definition) is 2. The zero-order chi connectivity index (χ0) is 11.0. The lowest BCUT2D eigenvalue weighted by Crippen LogP contribution is -2.32. The molecule has 0 amide bonds. The van der Waals surface area contributed by atoms with Crippen molar-refractivity contribution in [2.24, 2.45) is 5.92 Å². The molecule has 0 atom stereocenters. The molecule has 2 heteroatoms. The Hall–Kier alpha value is -1.49. The molecule has 82 valence electrons. The van der Waals surface area contributed by atoms with Crippen molar-refractivity contribution in [3.05, 3.63) is 29.8 Å². The minimum Gasteiger partial charge on any atom is -0.380 e. The van der Waals surface area contributed by atoms with E-state index in [1.165, 1.54) is 37.8 Å². The maximum atomic E-state index is 8.75. The molecule has 1 aromatic rings. The molecule has 0 saturated heterocycles. The molecule has 16 heavy (non-hydrogen) atoms. The third-order valence-electron chi connectivity index (χ3n) is 4.17. The van der Waals surface area contributed by atoms with Gasteiger partial charge >= 0.3 is 0 Å². The van der Waals surface area contributed by atoms with Crippen LogP contribution in [0.5, 0.6) is 0 Å². The van der Waals surface area contributed by atoms with E-state index in [0.29, 0.717) is 5.54 Å². The summed E-state index contributed by atoms with van der Waals surface area (Å²) in [7, 11) is 0. The largest absolute Gasteiger partial charge is 0.380 e. The number of nitriles is 1. The highest BCUT2D eigenvalue weighted by molar-refractivity contribution is 5.49. The van der Waals surface area contributed by atoms with Crippen molar-refractivity contribution in [3.63, 3.8) is 0 Å². The fraction of sp³-hybridized carbons (Fsp3) is 0.500. The van der Waals surface area contributed by atoms with Crippen LogP contribution in [-0.4, -0.2) is 5.54 Å². The Labute approximate surface area is 96.3 Å². The molecule has 1 N–H and O–H groups in total. The summed E-state index contributed by atoms with van der Waals surface area (Å²) in [4.78, 5) is 0. The Kier molecular flexibility index (Phi) is 2.14. The first-order valence-electron chi connectivity index (χ1n) is 6.08. The second-order valence-electron chi connectivity index (χ2n) is 5.24. The lowest BCUT2D eigenvalue weighted by atomic mass is 9.93. The summed E-state index contributed by atoms with van der Waals surface area (Å²) in [6.07, 6.45) is 6.76. The van der Waals surface area contributed by atoms with Gasteiger partial charge in [0.15, 0.2) is 0 Å². The molecule has 2 aliphatic rings. The third kappa shape index (κ3) is 1.57. The average molecular weight is 212 g/mol. The average Bonchev–Trinajstić information content (AvgIpc) is 2.90. The first-order valence-corrected chi connectivity index (χ1v) is 6.08. The van der Waals surface area contributed by atoms with Crippen LogP contribution in [0, 0.1) is 17.2 Å². The van der Waals surface area contributed by atoms with Crippen molar-refractivity contribution in [1.82, 2.24) is 0 Å². The van der Waals surface area contributed by atoms with Crippen LogP contribution in [0.25, 0.3) is 0 Å². The molecule has 0 radical (unpaired) electrons. The zero-order valence-corrected chi connectivity index (χ0v) is 9.37. The van der Waals surface area contributed by atoms with Crippen molar-refractivity contribution < 1.29 is 0 Å². The van der Waals surface area contributed by atoms with Gasteiger partial charge in [0.2, 0.25) is 0 Å². The van der Waals surface area contributed by atoms with Crippen LogP contribution in [-0.2, 0) is 0 Å². The van der Waals surface area contributed by atoms with Gasteiger partial charge in [0.05, 0.1) is 11.6 Å². The van der Waals surface area contributed by atoms with E-state index in [9.17, 15) is 0 Å². The number of hydrogen-bond donors (Lipinski definition) is 1. The Morgan fingerprint density at radius 3 is 2.38 bits per heavy atom. The summed E-state index contributed by atoms with van der Waals surface area (Å²) in [5, 5.41) is 12.4.